The molecule has 1 aliphatic carbocycles. The molecule has 0 aromatic heterocycles. The molecule has 412 valence electrons. The second-order valence-corrected chi connectivity index (χ2v) is 28.4. The number of para-hydroxylation sites is 1. The summed E-state index contributed by atoms with van der Waals surface area (Å²) >= 11 is 0. The molecule has 8 aromatic rings. The van der Waals surface area contributed by atoms with Gasteiger partial charge in [0.1, 0.15) is 0 Å². The summed E-state index contributed by atoms with van der Waals surface area (Å²) in [5.74, 6) is 0. The van der Waals surface area contributed by atoms with E-state index < -0.39 is 0 Å². The van der Waals surface area contributed by atoms with Crippen LogP contribution in [0.3, 0.4) is 0 Å². The van der Waals surface area contributed by atoms with Gasteiger partial charge in [-0.25, -0.2) is 0 Å². The van der Waals surface area contributed by atoms with Gasteiger partial charge in [-0.2, -0.15) is 0 Å². The van der Waals surface area contributed by atoms with Crippen LogP contribution in [0.4, 0.5) is 51.2 Å². The predicted octanol–water partition coefficient (Wildman–Crippen LogP) is 20.1. The van der Waals surface area contributed by atoms with Gasteiger partial charge in [0, 0.05) is 39.7 Å². The Hall–Kier alpha value is -6.78. The molecule has 11 rings (SSSR count). The molecule has 0 radical (unpaired) electrons. The summed E-state index contributed by atoms with van der Waals surface area (Å²) in [5.41, 5.74) is 30.8. The fraction of sp³-hybridized carbons (Fsp3) is 0.368. The van der Waals surface area contributed by atoms with Gasteiger partial charge in [0.2, 0.25) is 0 Å². The lowest BCUT2D eigenvalue weighted by Gasteiger charge is -2.48. The maximum absolute atomic E-state index is 2.68. The highest BCUT2D eigenvalue weighted by atomic mass is 15.2. The van der Waals surface area contributed by atoms with E-state index in [2.05, 4.69) is 299 Å². The molecule has 0 saturated carbocycles. The zero-order valence-electron chi connectivity index (χ0n) is 52.4. The number of benzene rings is 8. The summed E-state index contributed by atoms with van der Waals surface area (Å²) in [6.07, 6.45) is 3.56. The van der Waals surface area contributed by atoms with E-state index >= 15 is 0 Å². The van der Waals surface area contributed by atoms with Gasteiger partial charge < -0.3 is 14.7 Å². The number of rotatable bonds is 6. The molecule has 8 aromatic carbocycles. The first-order valence-corrected chi connectivity index (χ1v) is 29.9. The summed E-state index contributed by atoms with van der Waals surface area (Å²) in [6, 6.07) is 57.1. The Kier molecular flexibility index (Phi) is 14.4. The van der Waals surface area contributed by atoms with Gasteiger partial charge in [0.05, 0.1) is 17.1 Å². The lowest BCUT2D eigenvalue weighted by atomic mass is 9.33. The first kappa shape index (κ1) is 56.5. The van der Waals surface area contributed by atoms with Gasteiger partial charge in [0.25, 0.3) is 6.71 Å². The second-order valence-electron chi connectivity index (χ2n) is 28.4. The Bertz CT molecular complexity index is 3620. The number of aryl methyl sites for hydroxylation is 5. The van der Waals surface area contributed by atoms with Crippen LogP contribution in [0.15, 0.2) is 146 Å². The van der Waals surface area contributed by atoms with Crippen LogP contribution in [-0.4, -0.2) is 6.71 Å². The van der Waals surface area contributed by atoms with Crippen molar-refractivity contribution in [2.75, 3.05) is 14.7 Å². The van der Waals surface area contributed by atoms with Crippen molar-refractivity contribution >= 4 is 74.3 Å². The number of hydrogen-bond donors (Lipinski definition) is 0. The molecule has 2 aliphatic heterocycles. The minimum Gasteiger partial charge on any atom is -0.311 e. The average Bonchev–Trinajstić information content (AvgIpc) is 3.57. The van der Waals surface area contributed by atoms with E-state index in [1.54, 1.807) is 0 Å². The predicted molar refractivity (Wildman–Crippen MR) is 352 cm³/mol. The summed E-state index contributed by atoms with van der Waals surface area (Å²) in [4.78, 5) is 7.90. The SMILES string of the molecule is CCC.Cc1cc2c3c(c1)N(c1c(C)cccc1C)c1cc4c(cc1B3c1ccc(N(c3ccc(C(C)(C)C)cc3)c3ccc(C(C)(C)C)cc3-c3ccccc3)cc1N2c1c(C)cc(C(C)(C)C)cc1C)C(C)(C)CCC4(C)C. The molecule has 0 saturated heterocycles. The Morgan fingerprint density at radius 1 is 0.450 bits per heavy atom. The van der Waals surface area contributed by atoms with E-state index in [9.17, 15) is 0 Å². The standard InChI is InChI=1S/C73H82BN3.C3H8/c1-45-37-64-66-65(38-45)77(67-46(2)23-22-24-47(67)3)63-44-58-57(72(15,16)35-36-73(58,17)18)43-60(63)74(66)59-33-32-55(42-62(59)76(64)68-48(4)39-53(40-49(68)5)71(12,13)14)75(54-30-27-51(28-31-54)69(6,7)8)61-34-29-52(70(9,10)11)41-56(61)50-25-20-19-21-26-50;1-3-2/h19-34,37-44H,35-36H2,1-18H3;3H2,1-2H3. The maximum Gasteiger partial charge on any atom is 0.252 e. The first-order chi connectivity index (χ1) is 37.5. The lowest BCUT2D eigenvalue weighted by Crippen LogP contribution is -2.62. The van der Waals surface area contributed by atoms with Gasteiger partial charge in [-0.3, -0.25) is 0 Å². The fourth-order valence-corrected chi connectivity index (χ4v) is 13.3. The van der Waals surface area contributed by atoms with Gasteiger partial charge in [-0.15, -0.1) is 0 Å². The topological polar surface area (TPSA) is 9.72 Å². The Balaban J connectivity index is 0.00000235. The van der Waals surface area contributed by atoms with Crippen molar-refractivity contribution in [3.05, 3.63) is 201 Å². The molecule has 3 aliphatic rings. The molecule has 80 heavy (non-hydrogen) atoms. The highest BCUT2D eigenvalue weighted by Crippen LogP contribution is 2.53. The van der Waals surface area contributed by atoms with Crippen molar-refractivity contribution in [1.29, 1.82) is 0 Å². The van der Waals surface area contributed by atoms with Crippen molar-refractivity contribution < 1.29 is 0 Å². The Labute approximate surface area is 483 Å². The van der Waals surface area contributed by atoms with E-state index in [0.717, 1.165) is 29.9 Å². The van der Waals surface area contributed by atoms with Crippen LogP contribution in [0.5, 0.6) is 0 Å². The van der Waals surface area contributed by atoms with Gasteiger partial charge >= 0.3 is 0 Å². The Morgan fingerprint density at radius 2 is 0.938 bits per heavy atom. The number of nitrogens with zero attached hydrogens (tertiary/aromatic N) is 3. The molecule has 0 fully saturated rings. The third-order valence-electron chi connectivity index (χ3n) is 17.9. The quantitative estimate of drug-likeness (QED) is 0.154. The van der Waals surface area contributed by atoms with Crippen LogP contribution >= 0.6 is 0 Å². The summed E-state index contributed by atoms with van der Waals surface area (Å²) in [5, 5.41) is 0. The monoisotopic (exact) mass is 1060 g/mol. The van der Waals surface area contributed by atoms with Crippen LogP contribution in [0, 0.1) is 34.6 Å². The van der Waals surface area contributed by atoms with Crippen molar-refractivity contribution in [1.82, 2.24) is 0 Å². The van der Waals surface area contributed by atoms with Crippen molar-refractivity contribution in [3.8, 4) is 11.1 Å². The molecular weight excluding hydrogens is 966 g/mol. The number of fused-ring (bicyclic) bond motifs is 5. The minimum absolute atomic E-state index is 0.00619. The van der Waals surface area contributed by atoms with Gasteiger partial charge in [-0.1, -0.05) is 201 Å². The molecular formula is C76H90BN3. The summed E-state index contributed by atoms with van der Waals surface area (Å²) < 4.78 is 0. The molecule has 0 amide bonds. The zero-order chi connectivity index (χ0) is 57.8. The van der Waals surface area contributed by atoms with Gasteiger partial charge in [0.15, 0.2) is 0 Å². The molecule has 0 N–H and O–H groups in total. The van der Waals surface area contributed by atoms with Crippen LogP contribution < -0.4 is 31.1 Å². The average molecular weight is 1060 g/mol. The molecule has 0 unspecified atom stereocenters. The van der Waals surface area contributed by atoms with Crippen LogP contribution in [0.25, 0.3) is 11.1 Å². The summed E-state index contributed by atoms with van der Waals surface area (Å²) in [7, 11) is 0. The van der Waals surface area contributed by atoms with E-state index in [1.807, 2.05) is 0 Å². The smallest absolute Gasteiger partial charge is 0.252 e. The van der Waals surface area contributed by atoms with E-state index in [1.165, 1.54) is 124 Å². The molecule has 3 nitrogen and oxygen atoms in total. The highest BCUT2D eigenvalue weighted by Gasteiger charge is 2.47. The molecule has 0 bridgehead atoms. The summed E-state index contributed by atoms with van der Waals surface area (Å²) in [6.45, 7) is 46.7. The molecule has 4 heteroatoms. The van der Waals surface area contributed by atoms with Crippen LogP contribution in [0.1, 0.15) is 179 Å². The van der Waals surface area contributed by atoms with Crippen molar-refractivity contribution in [3.63, 3.8) is 0 Å². The van der Waals surface area contributed by atoms with E-state index in [4.69, 9.17) is 0 Å². The number of hydrogen-bond acceptors (Lipinski definition) is 3. The molecule has 0 spiro atoms. The van der Waals surface area contributed by atoms with Gasteiger partial charge in [-0.05, 0) is 207 Å². The third kappa shape index (κ3) is 9.91. The van der Waals surface area contributed by atoms with Crippen molar-refractivity contribution in [2.24, 2.45) is 0 Å². The lowest BCUT2D eigenvalue weighted by molar-refractivity contribution is 0.332. The first-order valence-electron chi connectivity index (χ1n) is 29.9. The van der Waals surface area contributed by atoms with Crippen molar-refractivity contribution in [2.45, 2.75) is 185 Å². The second kappa shape index (κ2) is 20.3. The highest BCUT2D eigenvalue weighted by molar-refractivity contribution is 7.00. The Morgan fingerprint density at radius 3 is 1.48 bits per heavy atom. The number of anilines is 9. The third-order valence-corrected chi connectivity index (χ3v) is 17.9. The van der Waals surface area contributed by atoms with E-state index in [0.29, 0.717) is 0 Å². The maximum atomic E-state index is 2.68. The zero-order valence-corrected chi connectivity index (χ0v) is 52.4. The molecule has 0 atom stereocenters. The fourth-order valence-electron chi connectivity index (χ4n) is 13.3. The normalized spacial score (nSPS) is 15.1. The van der Waals surface area contributed by atoms with Crippen LogP contribution in [0.2, 0.25) is 0 Å². The minimum atomic E-state index is -0.0375. The van der Waals surface area contributed by atoms with Crippen LogP contribution in [-0.2, 0) is 27.1 Å². The van der Waals surface area contributed by atoms with E-state index in [-0.39, 0.29) is 33.8 Å². The molecule has 2 heterocycles. The largest absolute Gasteiger partial charge is 0.311 e.